The molecule has 1 N–H and O–H groups in total. The summed E-state index contributed by atoms with van der Waals surface area (Å²) in [4.78, 5) is 11.7. The average Bonchev–Trinajstić information content (AvgIpc) is 2.75. The number of hydrogen-bond donors (Lipinski definition) is 1. The predicted molar refractivity (Wildman–Crippen MR) is 107 cm³/mol. The quantitative estimate of drug-likeness (QED) is 0.746. The summed E-state index contributed by atoms with van der Waals surface area (Å²) < 4.78 is 10.8. The highest BCUT2D eigenvalue weighted by atomic mass is 16.5. The van der Waals surface area contributed by atoms with Gasteiger partial charge in [-0.15, -0.1) is 0 Å². The molecule has 2 aromatic carbocycles. The second kappa shape index (κ2) is 8.05. The summed E-state index contributed by atoms with van der Waals surface area (Å²) in [7, 11) is 1.66. The fourth-order valence-corrected chi connectivity index (χ4v) is 3.01. The molecule has 6 nitrogen and oxygen atoms in total. The molecule has 0 amide bonds. The lowest BCUT2D eigenvalue weighted by Gasteiger charge is -2.27. The summed E-state index contributed by atoms with van der Waals surface area (Å²) in [6.45, 7) is 2.96. The van der Waals surface area contributed by atoms with E-state index in [1.54, 1.807) is 7.11 Å². The number of nitrogens with zero attached hydrogens (tertiary/aromatic N) is 3. The molecule has 6 heteroatoms. The van der Waals surface area contributed by atoms with Gasteiger partial charge < -0.3 is 19.7 Å². The van der Waals surface area contributed by atoms with E-state index >= 15 is 0 Å². The molecule has 1 aliphatic heterocycles. The summed E-state index contributed by atoms with van der Waals surface area (Å²) in [6.07, 6.45) is 0. The van der Waals surface area contributed by atoms with Crippen molar-refractivity contribution in [3.05, 3.63) is 60.7 Å². The van der Waals surface area contributed by atoms with Crippen molar-refractivity contribution in [1.82, 2.24) is 9.97 Å². The minimum absolute atomic E-state index is 0.692. The summed E-state index contributed by atoms with van der Waals surface area (Å²) >= 11 is 0. The second-order valence-electron chi connectivity index (χ2n) is 6.26. The molecule has 4 rings (SSSR count). The van der Waals surface area contributed by atoms with E-state index in [1.807, 2.05) is 48.5 Å². The number of rotatable bonds is 5. The van der Waals surface area contributed by atoms with Crippen LogP contribution in [0.3, 0.4) is 0 Å². The predicted octanol–water partition coefficient (Wildman–Crippen LogP) is 3.73. The first-order valence-corrected chi connectivity index (χ1v) is 9.00. The molecule has 1 aliphatic rings. The minimum atomic E-state index is 0.692. The lowest BCUT2D eigenvalue weighted by Crippen LogP contribution is -2.37. The van der Waals surface area contributed by atoms with Crippen LogP contribution in [0.2, 0.25) is 0 Å². The smallest absolute Gasteiger partial charge is 0.228 e. The van der Waals surface area contributed by atoms with Crippen LogP contribution < -0.4 is 15.0 Å². The van der Waals surface area contributed by atoms with Crippen LogP contribution in [0.15, 0.2) is 60.7 Å². The molecule has 3 aromatic rings. The van der Waals surface area contributed by atoms with Gasteiger partial charge in [-0.1, -0.05) is 36.4 Å². The molecule has 1 saturated heterocycles. The van der Waals surface area contributed by atoms with Crippen molar-refractivity contribution in [2.24, 2.45) is 0 Å². The van der Waals surface area contributed by atoms with Crippen molar-refractivity contribution < 1.29 is 9.47 Å². The molecule has 0 unspecified atom stereocenters. The van der Waals surface area contributed by atoms with Crippen molar-refractivity contribution in [2.75, 3.05) is 43.6 Å². The number of hydrogen-bond acceptors (Lipinski definition) is 6. The number of nitrogens with one attached hydrogen (secondary N) is 1. The van der Waals surface area contributed by atoms with Crippen molar-refractivity contribution in [2.45, 2.75) is 0 Å². The number of ether oxygens (including phenoxy) is 2. The van der Waals surface area contributed by atoms with Gasteiger partial charge in [-0.05, 0) is 12.1 Å². The number of methoxy groups -OCH3 is 1. The maximum atomic E-state index is 5.46. The fourth-order valence-electron chi connectivity index (χ4n) is 3.01. The first-order chi connectivity index (χ1) is 13.3. The summed E-state index contributed by atoms with van der Waals surface area (Å²) in [6, 6.07) is 19.9. The number of morpholine rings is 1. The van der Waals surface area contributed by atoms with E-state index in [4.69, 9.17) is 19.4 Å². The molecule has 0 aliphatic carbocycles. The molecule has 0 atom stereocenters. The molecular weight excluding hydrogens is 340 g/mol. The van der Waals surface area contributed by atoms with Crippen LogP contribution in [0.25, 0.3) is 11.3 Å². The van der Waals surface area contributed by atoms with E-state index < -0.39 is 0 Å². The van der Waals surface area contributed by atoms with E-state index in [-0.39, 0.29) is 0 Å². The molecule has 0 bridgehead atoms. The van der Waals surface area contributed by atoms with E-state index in [9.17, 15) is 0 Å². The van der Waals surface area contributed by atoms with Crippen molar-refractivity contribution >= 4 is 17.5 Å². The lowest BCUT2D eigenvalue weighted by atomic mass is 10.1. The molecule has 138 valence electrons. The Hall–Kier alpha value is -3.12. The molecule has 1 aromatic heterocycles. The van der Waals surface area contributed by atoms with Crippen LogP contribution >= 0.6 is 0 Å². The maximum absolute atomic E-state index is 5.46. The van der Waals surface area contributed by atoms with Gasteiger partial charge in [-0.2, -0.15) is 4.98 Å². The molecule has 0 radical (unpaired) electrons. The Kier molecular flexibility index (Phi) is 5.16. The van der Waals surface area contributed by atoms with Crippen LogP contribution in [0, 0.1) is 0 Å². The van der Waals surface area contributed by atoms with Crippen molar-refractivity contribution in [3.63, 3.8) is 0 Å². The Morgan fingerprint density at radius 2 is 1.78 bits per heavy atom. The van der Waals surface area contributed by atoms with Crippen molar-refractivity contribution in [1.29, 1.82) is 0 Å². The van der Waals surface area contributed by atoms with Gasteiger partial charge in [0.2, 0.25) is 5.95 Å². The van der Waals surface area contributed by atoms with Crippen LogP contribution in [0.4, 0.5) is 17.5 Å². The molecule has 0 spiro atoms. The molecule has 1 fully saturated rings. The van der Waals surface area contributed by atoms with Gasteiger partial charge in [0.15, 0.2) is 0 Å². The van der Waals surface area contributed by atoms with Gasteiger partial charge in [0.05, 0.1) is 26.0 Å². The normalized spacial score (nSPS) is 14.0. The number of aromatic nitrogens is 2. The monoisotopic (exact) mass is 362 g/mol. The van der Waals surface area contributed by atoms with Crippen molar-refractivity contribution in [3.8, 4) is 17.0 Å². The summed E-state index contributed by atoms with van der Waals surface area (Å²) in [5, 5.41) is 3.38. The van der Waals surface area contributed by atoms with E-state index in [2.05, 4.69) is 22.3 Å². The van der Waals surface area contributed by atoms with E-state index in [1.165, 1.54) is 0 Å². The first-order valence-electron chi connectivity index (χ1n) is 9.00. The van der Waals surface area contributed by atoms with Crippen LogP contribution in [-0.4, -0.2) is 43.4 Å². The third kappa shape index (κ3) is 4.17. The standard InChI is InChI=1S/C21H22N4O2/c1-26-18-9-5-8-17(14-18)22-20-15-19(16-6-3-2-4-7-16)23-21(24-20)25-10-12-27-13-11-25/h2-9,14-15H,10-13H2,1H3,(H,22,23,24). The highest BCUT2D eigenvalue weighted by Crippen LogP contribution is 2.26. The molecule has 27 heavy (non-hydrogen) atoms. The van der Waals surface area contributed by atoms with Gasteiger partial charge >= 0.3 is 0 Å². The third-order valence-electron chi connectivity index (χ3n) is 4.42. The molecule has 2 heterocycles. The molecule has 0 saturated carbocycles. The second-order valence-corrected chi connectivity index (χ2v) is 6.26. The zero-order chi connectivity index (χ0) is 18.5. The Labute approximate surface area is 158 Å². The topological polar surface area (TPSA) is 59.5 Å². The summed E-state index contributed by atoms with van der Waals surface area (Å²) in [5.74, 6) is 2.26. The van der Waals surface area contributed by atoms with Gasteiger partial charge in [0.25, 0.3) is 0 Å². The highest BCUT2D eigenvalue weighted by Gasteiger charge is 2.16. The SMILES string of the molecule is COc1cccc(Nc2cc(-c3ccccc3)nc(N3CCOCC3)n2)c1. The largest absolute Gasteiger partial charge is 0.497 e. The Morgan fingerprint density at radius 3 is 2.56 bits per heavy atom. The van der Waals surface area contributed by atoms with Crippen LogP contribution in [-0.2, 0) is 4.74 Å². The zero-order valence-electron chi connectivity index (χ0n) is 15.3. The van der Waals surface area contributed by atoms with E-state index in [0.29, 0.717) is 19.2 Å². The molecular formula is C21H22N4O2. The van der Waals surface area contributed by atoms with Crippen LogP contribution in [0.5, 0.6) is 5.75 Å². The Balaban J connectivity index is 1.70. The van der Waals surface area contributed by atoms with Gasteiger partial charge in [0.1, 0.15) is 11.6 Å². The van der Waals surface area contributed by atoms with Crippen LogP contribution in [0.1, 0.15) is 0 Å². The Bertz CT molecular complexity index is 896. The zero-order valence-corrected chi connectivity index (χ0v) is 15.3. The summed E-state index contributed by atoms with van der Waals surface area (Å²) in [5.41, 5.74) is 2.86. The highest BCUT2D eigenvalue weighted by molar-refractivity contribution is 5.68. The number of anilines is 3. The fraction of sp³-hybridized carbons (Fsp3) is 0.238. The maximum Gasteiger partial charge on any atom is 0.228 e. The van der Waals surface area contributed by atoms with Gasteiger partial charge in [-0.3, -0.25) is 0 Å². The Morgan fingerprint density at radius 1 is 0.963 bits per heavy atom. The van der Waals surface area contributed by atoms with E-state index in [0.717, 1.165) is 41.6 Å². The third-order valence-corrected chi connectivity index (χ3v) is 4.42. The first kappa shape index (κ1) is 17.3. The lowest BCUT2D eigenvalue weighted by molar-refractivity contribution is 0.122. The number of benzene rings is 2. The minimum Gasteiger partial charge on any atom is -0.497 e. The average molecular weight is 362 g/mol. The van der Waals surface area contributed by atoms with Gasteiger partial charge in [0, 0.05) is 36.5 Å². The van der Waals surface area contributed by atoms with Gasteiger partial charge in [-0.25, -0.2) is 4.98 Å².